The fourth-order valence-corrected chi connectivity index (χ4v) is 4.12. The minimum absolute atomic E-state index is 0.0548. The minimum atomic E-state index is -5.08. The molecule has 0 unspecified atom stereocenters. The molecule has 36 heavy (non-hydrogen) atoms. The van der Waals surface area contributed by atoms with Crippen LogP contribution < -0.4 is 15.4 Å². The van der Waals surface area contributed by atoms with Crippen molar-refractivity contribution in [3.63, 3.8) is 0 Å². The SMILES string of the molecule is O=C(NCc1ccc(-c2ccc3c(c2)CCO3)cc1)c1cc2c([nH]1)CCCNC2.O=C(O)C(F)(F)F. The van der Waals surface area contributed by atoms with Crippen molar-refractivity contribution in [2.24, 2.45) is 0 Å². The van der Waals surface area contributed by atoms with Crippen LogP contribution in [0.4, 0.5) is 13.2 Å². The summed E-state index contributed by atoms with van der Waals surface area (Å²) >= 11 is 0. The van der Waals surface area contributed by atoms with Crippen molar-refractivity contribution in [1.29, 1.82) is 0 Å². The Hall–Kier alpha value is -3.79. The van der Waals surface area contributed by atoms with Crippen molar-refractivity contribution < 1.29 is 32.6 Å². The zero-order valence-electron chi connectivity index (χ0n) is 19.4. The Balaban J connectivity index is 0.000000384. The summed E-state index contributed by atoms with van der Waals surface area (Å²) in [5, 5.41) is 13.5. The summed E-state index contributed by atoms with van der Waals surface area (Å²) < 4.78 is 37.3. The highest BCUT2D eigenvalue weighted by Crippen LogP contribution is 2.30. The predicted octanol–water partition coefficient (Wildman–Crippen LogP) is 4.22. The number of benzene rings is 2. The number of carboxylic acid groups (broad SMARTS) is 1. The third-order valence-electron chi connectivity index (χ3n) is 6.00. The van der Waals surface area contributed by atoms with E-state index >= 15 is 0 Å². The van der Waals surface area contributed by atoms with E-state index in [1.807, 2.05) is 6.07 Å². The Morgan fingerprint density at radius 2 is 1.72 bits per heavy atom. The number of amides is 1. The van der Waals surface area contributed by atoms with Gasteiger partial charge >= 0.3 is 12.1 Å². The fourth-order valence-electron chi connectivity index (χ4n) is 4.12. The molecule has 7 nitrogen and oxygen atoms in total. The number of aromatic amines is 1. The molecule has 2 aliphatic rings. The highest BCUT2D eigenvalue weighted by Gasteiger charge is 2.38. The number of ether oxygens (including phenoxy) is 1. The van der Waals surface area contributed by atoms with Gasteiger partial charge in [0, 0.05) is 25.2 Å². The number of carbonyl (C=O) groups excluding carboxylic acids is 1. The summed E-state index contributed by atoms with van der Waals surface area (Å²) in [6.45, 7) is 3.14. The van der Waals surface area contributed by atoms with E-state index in [0.29, 0.717) is 12.2 Å². The second-order valence-corrected chi connectivity index (χ2v) is 8.57. The highest BCUT2D eigenvalue weighted by atomic mass is 19.4. The number of nitrogens with one attached hydrogen (secondary N) is 3. The monoisotopic (exact) mass is 501 g/mol. The number of aliphatic carboxylic acids is 1. The normalized spacial score (nSPS) is 14.4. The fraction of sp³-hybridized carbons (Fsp3) is 0.308. The van der Waals surface area contributed by atoms with Gasteiger partial charge in [-0.25, -0.2) is 4.79 Å². The number of H-pyrrole nitrogens is 1. The molecule has 0 bridgehead atoms. The van der Waals surface area contributed by atoms with E-state index in [1.165, 1.54) is 27.9 Å². The summed E-state index contributed by atoms with van der Waals surface area (Å²) in [7, 11) is 0. The lowest BCUT2D eigenvalue weighted by molar-refractivity contribution is -0.192. The number of alkyl halides is 3. The van der Waals surface area contributed by atoms with Crippen LogP contribution in [-0.4, -0.2) is 41.3 Å². The van der Waals surface area contributed by atoms with Gasteiger partial charge in [-0.2, -0.15) is 13.2 Å². The van der Waals surface area contributed by atoms with Crippen molar-refractivity contribution in [3.05, 3.63) is 76.6 Å². The zero-order valence-corrected chi connectivity index (χ0v) is 19.4. The van der Waals surface area contributed by atoms with Gasteiger partial charge in [0.15, 0.2) is 0 Å². The molecular weight excluding hydrogens is 475 g/mol. The molecule has 0 saturated carbocycles. The largest absolute Gasteiger partial charge is 0.493 e. The number of rotatable bonds is 4. The number of aryl methyl sites for hydroxylation is 1. The van der Waals surface area contributed by atoms with Gasteiger partial charge in [-0.1, -0.05) is 30.3 Å². The van der Waals surface area contributed by atoms with Crippen LogP contribution in [0.25, 0.3) is 11.1 Å². The van der Waals surface area contributed by atoms with E-state index in [4.69, 9.17) is 14.6 Å². The van der Waals surface area contributed by atoms with E-state index < -0.39 is 12.1 Å². The van der Waals surface area contributed by atoms with Crippen molar-refractivity contribution in [3.8, 4) is 16.9 Å². The van der Waals surface area contributed by atoms with Gasteiger partial charge in [0.2, 0.25) is 0 Å². The summed E-state index contributed by atoms with van der Waals surface area (Å²) in [6, 6.07) is 16.7. The summed E-state index contributed by atoms with van der Waals surface area (Å²) in [6.07, 6.45) is -2.02. The molecule has 0 fully saturated rings. The Morgan fingerprint density at radius 1 is 1.00 bits per heavy atom. The molecule has 2 aromatic carbocycles. The molecule has 3 heterocycles. The lowest BCUT2D eigenvalue weighted by Crippen LogP contribution is -2.23. The summed E-state index contributed by atoms with van der Waals surface area (Å²) in [4.78, 5) is 24.7. The topological polar surface area (TPSA) is 103 Å². The van der Waals surface area contributed by atoms with Gasteiger partial charge in [0.25, 0.3) is 5.91 Å². The second kappa shape index (κ2) is 10.9. The van der Waals surface area contributed by atoms with Gasteiger partial charge in [-0.15, -0.1) is 0 Å². The smallest absolute Gasteiger partial charge is 0.490 e. The average molecular weight is 502 g/mol. The molecule has 1 amide bonds. The molecule has 190 valence electrons. The number of hydrogen-bond acceptors (Lipinski definition) is 4. The Bertz CT molecular complexity index is 1210. The first-order valence-electron chi connectivity index (χ1n) is 11.6. The van der Waals surface area contributed by atoms with E-state index in [0.717, 1.165) is 50.3 Å². The molecule has 3 aromatic rings. The van der Waals surface area contributed by atoms with Crippen molar-refractivity contribution in [2.45, 2.75) is 38.5 Å². The first-order chi connectivity index (χ1) is 17.2. The second-order valence-electron chi connectivity index (χ2n) is 8.57. The quantitative estimate of drug-likeness (QED) is 0.429. The summed E-state index contributed by atoms with van der Waals surface area (Å²) in [5.74, 6) is -1.81. The number of carbonyl (C=O) groups is 2. The zero-order chi connectivity index (χ0) is 25.7. The third kappa shape index (κ3) is 6.25. The minimum Gasteiger partial charge on any atom is -0.493 e. The van der Waals surface area contributed by atoms with Crippen LogP contribution >= 0.6 is 0 Å². The Morgan fingerprint density at radius 3 is 2.44 bits per heavy atom. The van der Waals surface area contributed by atoms with Crippen LogP contribution in [0, 0.1) is 0 Å². The number of halogens is 3. The number of fused-ring (bicyclic) bond motifs is 2. The van der Waals surface area contributed by atoms with Gasteiger partial charge in [0.1, 0.15) is 11.4 Å². The molecule has 0 atom stereocenters. The molecule has 0 saturated heterocycles. The standard InChI is InChI=1S/C24H25N3O2.C2HF3O2/c28-24(22-13-20-15-25-10-1-2-21(20)27-22)26-14-16-3-5-17(6-4-16)18-7-8-23-19(12-18)9-11-29-23;3-2(4,5)1(6)7/h3-8,12-13,25,27H,1-2,9-11,14-15H2,(H,26,28);(H,6,7). The summed E-state index contributed by atoms with van der Waals surface area (Å²) in [5.41, 5.74) is 7.78. The van der Waals surface area contributed by atoms with Crippen molar-refractivity contribution in [1.82, 2.24) is 15.6 Å². The maximum atomic E-state index is 12.5. The third-order valence-corrected chi connectivity index (χ3v) is 6.00. The molecule has 0 radical (unpaired) electrons. The molecule has 0 aliphatic carbocycles. The van der Waals surface area contributed by atoms with Crippen molar-refractivity contribution >= 4 is 11.9 Å². The highest BCUT2D eigenvalue weighted by molar-refractivity contribution is 5.92. The Labute approximate surface area is 205 Å². The van der Waals surface area contributed by atoms with E-state index in [2.05, 4.69) is 58.1 Å². The van der Waals surface area contributed by atoms with Gasteiger partial charge in [-0.3, -0.25) is 4.79 Å². The van der Waals surface area contributed by atoms with Gasteiger partial charge in [0.05, 0.1) is 6.61 Å². The maximum absolute atomic E-state index is 12.5. The molecule has 1 aromatic heterocycles. The number of aromatic nitrogens is 1. The van der Waals surface area contributed by atoms with Crippen LogP contribution in [-0.2, 0) is 30.7 Å². The van der Waals surface area contributed by atoms with Crippen LogP contribution in [0.2, 0.25) is 0 Å². The number of hydrogen-bond donors (Lipinski definition) is 4. The maximum Gasteiger partial charge on any atom is 0.490 e. The van der Waals surface area contributed by atoms with E-state index in [-0.39, 0.29) is 5.91 Å². The first kappa shape index (κ1) is 25.3. The van der Waals surface area contributed by atoms with E-state index in [1.54, 1.807) is 0 Å². The molecule has 0 spiro atoms. The average Bonchev–Trinajstić information content (AvgIpc) is 3.43. The molecule has 2 aliphatic heterocycles. The molecular formula is C26H26F3N3O4. The van der Waals surface area contributed by atoms with Gasteiger partial charge < -0.3 is 25.5 Å². The van der Waals surface area contributed by atoms with Crippen molar-refractivity contribution in [2.75, 3.05) is 13.2 Å². The molecule has 5 rings (SSSR count). The Kier molecular flexibility index (Phi) is 7.64. The van der Waals surface area contributed by atoms with Gasteiger partial charge in [-0.05, 0) is 65.4 Å². The molecule has 4 N–H and O–H groups in total. The van der Waals surface area contributed by atoms with Crippen LogP contribution in [0.1, 0.15) is 39.3 Å². The van der Waals surface area contributed by atoms with Crippen LogP contribution in [0.3, 0.4) is 0 Å². The first-order valence-corrected chi connectivity index (χ1v) is 11.6. The lowest BCUT2D eigenvalue weighted by atomic mass is 10.0. The lowest BCUT2D eigenvalue weighted by Gasteiger charge is -2.07. The van der Waals surface area contributed by atoms with Crippen LogP contribution in [0.15, 0.2) is 48.5 Å². The number of carboxylic acids is 1. The molecule has 10 heteroatoms. The predicted molar refractivity (Wildman–Crippen MR) is 127 cm³/mol. The van der Waals surface area contributed by atoms with Crippen LogP contribution in [0.5, 0.6) is 5.75 Å². The van der Waals surface area contributed by atoms with E-state index in [9.17, 15) is 18.0 Å².